The molecule has 2 amide bonds. The maximum atomic E-state index is 11.7. The van der Waals surface area contributed by atoms with Crippen molar-refractivity contribution in [1.82, 2.24) is 10.2 Å². The van der Waals surface area contributed by atoms with Crippen LogP contribution >= 0.6 is 0 Å². The quantitative estimate of drug-likeness (QED) is 0.791. The summed E-state index contributed by atoms with van der Waals surface area (Å²) in [6.45, 7) is 4.14. The Hall–Kier alpha value is -1.26. The summed E-state index contributed by atoms with van der Waals surface area (Å²) in [6.07, 6.45) is 4.24. The monoisotopic (exact) mass is 242 g/mol. The summed E-state index contributed by atoms with van der Waals surface area (Å²) < 4.78 is 0. The highest BCUT2D eigenvalue weighted by molar-refractivity contribution is 5.79. The third-order valence-electron chi connectivity index (χ3n) is 3.25. The minimum Gasteiger partial charge on any atom is -0.480 e. The van der Waals surface area contributed by atoms with Crippen LogP contribution < -0.4 is 5.32 Å². The Labute approximate surface area is 102 Å². The van der Waals surface area contributed by atoms with Crippen molar-refractivity contribution < 1.29 is 14.7 Å². The van der Waals surface area contributed by atoms with E-state index in [2.05, 4.69) is 19.2 Å². The van der Waals surface area contributed by atoms with Crippen molar-refractivity contribution in [2.45, 2.75) is 45.6 Å². The first kappa shape index (κ1) is 13.8. The third-order valence-corrected chi connectivity index (χ3v) is 3.25. The van der Waals surface area contributed by atoms with Crippen molar-refractivity contribution in [3.63, 3.8) is 0 Å². The summed E-state index contributed by atoms with van der Waals surface area (Å²) in [5, 5.41) is 11.5. The van der Waals surface area contributed by atoms with Gasteiger partial charge < -0.3 is 15.3 Å². The molecule has 5 heteroatoms. The van der Waals surface area contributed by atoms with E-state index in [-0.39, 0.29) is 24.0 Å². The molecule has 1 rings (SSSR count). The van der Waals surface area contributed by atoms with Gasteiger partial charge in [0, 0.05) is 13.1 Å². The van der Waals surface area contributed by atoms with Crippen molar-refractivity contribution in [1.29, 1.82) is 0 Å². The molecule has 1 fully saturated rings. The number of nitrogens with zero attached hydrogens (tertiary/aromatic N) is 1. The van der Waals surface area contributed by atoms with Crippen LogP contribution in [0.4, 0.5) is 4.79 Å². The van der Waals surface area contributed by atoms with E-state index in [1.807, 2.05) is 0 Å². The molecule has 0 heterocycles. The number of amides is 2. The van der Waals surface area contributed by atoms with Crippen LogP contribution in [0, 0.1) is 5.41 Å². The van der Waals surface area contributed by atoms with Gasteiger partial charge in [0.15, 0.2) is 0 Å². The van der Waals surface area contributed by atoms with Crippen LogP contribution in [0.25, 0.3) is 0 Å². The molecule has 5 nitrogen and oxygen atoms in total. The molecule has 17 heavy (non-hydrogen) atoms. The Bertz CT molecular complexity index is 302. The Morgan fingerprint density at radius 1 is 1.47 bits per heavy atom. The molecule has 0 aromatic heterocycles. The van der Waals surface area contributed by atoms with Gasteiger partial charge in [-0.2, -0.15) is 0 Å². The molecule has 0 spiro atoms. The van der Waals surface area contributed by atoms with Gasteiger partial charge in [-0.25, -0.2) is 4.79 Å². The number of rotatable bonds is 3. The van der Waals surface area contributed by atoms with Gasteiger partial charge in [-0.1, -0.05) is 20.3 Å². The van der Waals surface area contributed by atoms with Gasteiger partial charge in [-0.15, -0.1) is 0 Å². The van der Waals surface area contributed by atoms with Crippen LogP contribution in [0.2, 0.25) is 0 Å². The van der Waals surface area contributed by atoms with Crippen molar-refractivity contribution in [2.75, 3.05) is 13.6 Å². The molecular weight excluding hydrogens is 220 g/mol. The van der Waals surface area contributed by atoms with E-state index >= 15 is 0 Å². The number of nitrogens with one attached hydrogen (secondary N) is 1. The molecule has 1 aliphatic rings. The largest absolute Gasteiger partial charge is 0.480 e. The van der Waals surface area contributed by atoms with E-state index in [0.29, 0.717) is 0 Å². The zero-order valence-electron chi connectivity index (χ0n) is 10.8. The molecule has 1 saturated carbocycles. The molecule has 0 bridgehead atoms. The van der Waals surface area contributed by atoms with Crippen molar-refractivity contribution in [2.24, 2.45) is 5.41 Å². The number of likely N-dealkylation sites (N-methyl/N-ethyl adjacent to an activating group) is 1. The lowest BCUT2D eigenvalue weighted by molar-refractivity contribution is -0.137. The molecular formula is C12H22N2O3. The molecule has 98 valence electrons. The number of carbonyl (C=O) groups is 2. The van der Waals surface area contributed by atoms with Gasteiger partial charge in [0.05, 0.1) is 0 Å². The fourth-order valence-corrected chi connectivity index (χ4v) is 2.38. The molecule has 0 aliphatic heterocycles. The second kappa shape index (κ2) is 5.38. The van der Waals surface area contributed by atoms with Gasteiger partial charge in [-0.3, -0.25) is 4.79 Å². The number of urea groups is 1. The number of carboxylic acid groups (broad SMARTS) is 1. The molecule has 2 N–H and O–H groups in total. The average Bonchev–Trinajstić information content (AvgIpc) is 2.14. The normalized spacial score (nSPS) is 22.9. The lowest BCUT2D eigenvalue weighted by Crippen LogP contribution is -2.47. The second-order valence-electron chi connectivity index (χ2n) is 5.66. The fourth-order valence-electron chi connectivity index (χ4n) is 2.38. The standard InChI is InChI=1S/C12H22N2O3/c1-12(2)6-4-5-9(7-12)13-11(17)14(3)8-10(15)16/h9H,4-8H2,1-3H3,(H,13,17)(H,15,16). The lowest BCUT2D eigenvalue weighted by Gasteiger charge is -2.36. The van der Waals surface area contributed by atoms with Crippen LogP contribution in [0.1, 0.15) is 39.5 Å². The Morgan fingerprint density at radius 3 is 2.65 bits per heavy atom. The van der Waals surface area contributed by atoms with Crippen LogP contribution in [-0.2, 0) is 4.79 Å². The summed E-state index contributed by atoms with van der Waals surface area (Å²) in [5.41, 5.74) is 0.265. The Kier molecular flexibility index (Phi) is 4.37. The lowest BCUT2D eigenvalue weighted by atomic mass is 9.75. The highest BCUT2D eigenvalue weighted by Gasteiger charge is 2.29. The molecule has 0 radical (unpaired) electrons. The topological polar surface area (TPSA) is 69.6 Å². The predicted molar refractivity (Wildman–Crippen MR) is 64.8 cm³/mol. The van der Waals surface area contributed by atoms with Crippen LogP contribution in [0.5, 0.6) is 0 Å². The molecule has 1 unspecified atom stereocenters. The molecule has 0 saturated heterocycles. The van der Waals surface area contributed by atoms with E-state index in [9.17, 15) is 9.59 Å². The maximum Gasteiger partial charge on any atom is 0.323 e. The van der Waals surface area contributed by atoms with Crippen molar-refractivity contribution >= 4 is 12.0 Å². The first-order valence-electron chi connectivity index (χ1n) is 6.03. The third kappa shape index (κ3) is 4.63. The van der Waals surface area contributed by atoms with Gasteiger partial charge in [0.25, 0.3) is 0 Å². The smallest absolute Gasteiger partial charge is 0.323 e. The first-order chi connectivity index (χ1) is 7.80. The average molecular weight is 242 g/mol. The van der Waals surface area contributed by atoms with E-state index in [0.717, 1.165) is 19.3 Å². The SMILES string of the molecule is CN(CC(=O)O)C(=O)NC1CCCC(C)(C)C1. The van der Waals surface area contributed by atoms with Gasteiger partial charge in [0.1, 0.15) is 6.54 Å². The van der Waals surface area contributed by atoms with Gasteiger partial charge in [0.2, 0.25) is 0 Å². The van der Waals surface area contributed by atoms with Crippen molar-refractivity contribution in [3.05, 3.63) is 0 Å². The van der Waals surface area contributed by atoms with Gasteiger partial charge in [-0.05, 0) is 24.7 Å². The van der Waals surface area contributed by atoms with E-state index in [1.165, 1.54) is 18.4 Å². The number of carbonyl (C=O) groups excluding carboxylic acids is 1. The molecule has 0 aromatic carbocycles. The van der Waals surface area contributed by atoms with Crippen LogP contribution in [-0.4, -0.2) is 41.6 Å². The summed E-state index contributed by atoms with van der Waals surface area (Å²) in [7, 11) is 1.50. The first-order valence-corrected chi connectivity index (χ1v) is 6.03. The number of hydrogen-bond acceptors (Lipinski definition) is 2. The second-order valence-corrected chi connectivity index (χ2v) is 5.66. The van der Waals surface area contributed by atoms with Crippen LogP contribution in [0.3, 0.4) is 0 Å². The minimum absolute atomic E-state index is 0.169. The number of carboxylic acids is 1. The highest BCUT2D eigenvalue weighted by Crippen LogP contribution is 2.35. The van der Waals surface area contributed by atoms with Crippen LogP contribution in [0.15, 0.2) is 0 Å². The fraction of sp³-hybridized carbons (Fsp3) is 0.833. The van der Waals surface area contributed by atoms with Crippen molar-refractivity contribution in [3.8, 4) is 0 Å². The Balaban J connectivity index is 2.43. The van der Waals surface area contributed by atoms with E-state index in [1.54, 1.807) is 0 Å². The molecule has 0 aromatic rings. The molecule has 1 aliphatic carbocycles. The molecule has 1 atom stereocenters. The van der Waals surface area contributed by atoms with Gasteiger partial charge >= 0.3 is 12.0 Å². The number of aliphatic carboxylic acids is 1. The Morgan fingerprint density at radius 2 is 2.12 bits per heavy atom. The summed E-state index contributed by atoms with van der Waals surface area (Å²) >= 11 is 0. The zero-order valence-corrected chi connectivity index (χ0v) is 10.8. The number of hydrogen-bond donors (Lipinski definition) is 2. The minimum atomic E-state index is -0.994. The predicted octanol–water partition coefficient (Wildman–Crippen LogP) is 1.68. The summed E-state index contributed by atoms with van der Waals surface area (Å²) in [6, 6.07) is -0.127. The highest BCUT2D eigenvalue weighted by atomic mass is 16.4. The summed E-state index contributed by atoms with van der Waals surface area (Å²) in [5.74, 6) is -0.994. The van der Waals surface area contributed by atoms with E-state index in [4.69, 9.17) is 5.11 Å². The summed E-state index contributed by atoms with van der Waals surface area (Å²) in [4.78, 5) is 23.4. The maximum absolute atomic E-state index is 11.7. The zero-order chi connectivity index (χ0) is 13.1. The van der Waals surface area contributed by atoms with E-state index < -0.39 is 5.97 Å².